The van der Waals surface area contributed by atoms with Gasteiger partial charge < -0.3 is 20.3 Å². The van der Waals surface area contributed by atoms with Crippen molar-refractivity contribution in [2.24, 2.45) is 0 Å². The Hall–Kier alpha value is -3.35. The number of benzene rings is 2. The molecule has 0 saturated heterocycles. The minimum Gasteiger partial charge on any atom is -0.444 e. The smallest absolute Gasteiger partial charge is 0.408 e. The minimum absolute atomic E-state index is 0.0941. The van der Waals surface area contributed by atoms with E-state index in [-0.39, 0.29) is 24.3 Å². The summed E-state index contributed by atoms with van der Waals surface area (Å²) >= 11 is 0. The minimum atomic E-state index is -0.909. The molecule has 2 rings (SSSR count). The highest BCUT2D eigenvalue weighted by molar-refractivity contribution is 5.92. The van der Waals surface area contributed by atoms with E-state index in [1.54, 1.807) is 25.7 Å². The summed E-state index contributed by atoms with van der Waals surface area (Å²) in [7, 11) is 0. The number of carbonyl (C=O) groups is 3. The molecule has 0 spiro atoms. The monoisotopic (exact) mass is 495 g/mol. The van der Waals surface area contributed by atoms with E-state index < -0.39 is 23.8 Å². The zero-order chi connectivity index (χ0) is 26.9. The van der Waals surface area contributed by atoms with Gasteiger partial charge in [-0.15, -0.1) is 0 Å². The van der Waals surface area contributed by atoms with Crippen LogP contribution in [0.5, 0.6) is 0 Å². The van der Waals surface area contributed by atoms with Crippen molar-refractivity contribution >= 4 is 17.9 Å². The molecule has 2 N–H and O–H groups in total. The molecule has 3 amide bonds. The first kappa shape index (κ1) is 28.9. The standard InChI is InChI=1S/C29H41N3O4/c1-8-17-32(25(26(33)30-20(2)3)23-16-12-13-21(4)18-23)27(34)24(19-22-14-10-9-11-15-22)31-28(35)36-29(5,6)7/h9-16,18,20,24-25H,8,17,19H2,1-7H3,(H,30,33)(H,31,35). The van der Waals surface area contributed by atoms with E-state index in [4.69, 9.17) is 4.74 Å². The van der Waals surface area contributed by atoms with E-state index in [1.165, 1.54) is 0 Å². The van der Waals surface area contributed by atoms with Crippen molar-refractivity contribution in [1.29, 1.82) is 0 Å². The van der Waals surface area contributed by atoms with Gasteiger partial charge in [-0.25, -0.2) is 4.79 Å². The number of hydrogen-bond donors (Lipinski definition) is 2. The van der Waals surface area contributed by atoms with E-state index in [1.807, 2.05) is 82.3 Å². The molecule has 0 saturated carbocycles. The number of carbonyl (C=O) groups excluding carboxylic acids is 3. The molecule has 2 atom stereocenters. The number of rotatable bonds is 10. The summed E-state index contributed by atoms with van der Waals surface area (Å²) in [5, 5.41) is 5.74. The van der Waals surface area contributed by atoms with Crippen LogP contribution in [0, 0.1) is 6.92 Å². The second kappa shape index (κ2) is 13.1. The van der Waals surface area contributed by atoms with Gasteiger partial charge in [0.15, 0.2) is 0 Å². The van der Waals surface area contributed by atoms with E-state index >= 15 is 0 Å². The molecule has 0 heterocycles. The zero-order valence-electron chi connectivity index (χ0n) is 22.6. The van der Waals surface area contributed by atoms with Crippen molar-refractivity contribution in [3.05, 3.63) is 71.3 Å². The van der Waals surface area contributed by atoms with E-state index in [2.05, 4.69) is 10.6 Å². The van der Waals surface area contributed by atoms with Crippen LogP contribution >= 0.6 is 0 Å². The van der Waals surface area contributed by atoms with Gasteiger partial charge in [0, 0.05) is 19.0 Å². The predicted molar refractivity (Wildman–Crippen MR) is 143 cm³/mol. The predicted octanol–water partition coefficient (Wildman–Crippen LogP) is 4.94. The molecule has 0 aliphatic heterocycles. The van der Waals surface area contributed by atoms with Gasteiger partial charge in [0.05, 0.1) is 0 Å². The van der Waals surface area contributed by atoms with Gasteiger partial charge in [-0.1, -0.05) is 67.1 Å². The fraction of sp³-hybridized carbons (Fsp3) is 0.483. The summed E-state index contributed by atoms with van der Waals surface area (Å²) in [5.74, 6) is -0.592. The van der Waals surface area contributed by atoms with Crippen molar-refractivity contribution in [3.8, 4) is 0 Å². The molecule has 36 heavy (non-hydrogen) atoms. The second-order valence-electron chi connectivity index (χ2n) is 10.4. The number of hydrogen-bond acceptors (Lipinski definition) is 4. The Kier molecular flexibility index (Phi) is 10.5. The largest absolute Gasteiger partial charge is 0.444 e. The SMILES string of the molecule is CCCN(C(=O)C(Cc1ccccc1)NC(=O)OC(C)(C)C)C(C(=O)NC(C)C)c1cccc(C)c1. The van der Waals surface area contributed by atoms with Gasteiger partial charge in [0.1, 0.15) is 17.7 Å². The highest BCUT2D eigenvalue weighted by Crippen LogP contribution is 2.25. The highest BCUT2D eigenvalue weighted by atomic mass is 16.6. The lowest BCUT2D eigenvalue weighted by Gasteiger charge is -2.35. The Labute approximate surface area is 215 Å². The van der Waals surface area contributed by atoms with Crippen LogP contribution in [0.15, 0.2) is 54.6 Å². The maximum Gasteiger partial charge on any atom is 0.408 e. The summed E-state index contributed by atoms with van der Waals surface area (Å²) in [6.45, 7) is 13.4. The number of aryl methyl sites for hydroxylation is 1. The van der Waals surface area contributed by atoms with Crippen LogP contribution in [0.1, 0.15) is 70.7 Å². The molecule has 0 radical (unpaired) electrons. The average Bonchev–Trinajstić information content (AvgIpc) is 2.77. The molecular formula is C29H41N3O4. The van der Waals surface area contributed by atoms with Crippen molar-refractivity contribution in [2.45, 2.75) is 85.0 Å². The van der Waals surface area contributed by atoms with Gasteiger partial charge in [0.2, 0.25) is 11.8 Å². The van der Waals surface area contributed by atoms with Gasteiger partial charge in [-0.05, 0) is 59.1 Å². The summed E-state index contributed by atoms with van der Waals surface area (Å²) in [6, 6.07) is 15.3. The number of nitrogens with one attached hydrogen (secondary N) is 2. The molecular weight excluding hydrogens is 454 g/mol. The Morgan fingerprint density at radius 2 is 1.64 bits per heavy atom. The fourth-order valence-corrected chi connectivity index (χ4v) is 3.98. The molecule has 2 unspecified atom stereocenters. The molecule has 196 valence electrons. The van der Waals surface area contributed by atoms with Crippen molar-refractivity contribution in [1.82, 2.24) is 15.5 Å². The molecule has 2 aromatic carbocycles. The maximum atomic E-state index is 14.1. The van der Waals surface area contributed by atoms with Crippen molar-refractivity contribution in [3.63, 3.8) is 0 Å². The molecule has 0 aliphatic rings. The Morgan fingerprint density at radius 3 is 2.19 bits per heavy atom. The summed E-state index contributed by atoms with van der Waals surface area (Å²) < 4.78 is 5.46. The molecule has 2 aromatic rings. The van der Waals surface area contributed by atoms with Crippen molar-refractivity contribution < 1.29 is 19.1 Å². The summed E-state index contributed by atoms with van der Waals surface area (Å²) in [5.41, 5.74) is 1.90. The molecule has 0 fully saturated rings. The van der Waals surface area contributed by atoms with Crippen LogP contribution in [-0.4, -0.2) is 47.0 Å². The lowest BCUT2D eigenvalue weighted by Crippen LogP contribution is -2.54. The fourth-order valence-electron chi connectivity index (χ4n) is 3.98. The number of nitrogens with zero attached hydrogens (tertiary/aromatic N) is 1. The normalized spacial score (nSPS) is 13.0. The molecule has 0 aromatic heterocycles. The van der Waals surface area contributed by atoms with Crippen LogP contribution in [0.4, 0.5) is 4.79 Å². The third-order valence-electron chi connectivity index (χ3n) is 5.37. The zero-order valence-corrected chi connectivity index (χ0v) is 22.6. The first-order chi connectivity index (χ1) is 16.9. The van der Waals surface area contributed by atoms with Crippen molar-refractivity contribution in [2.75, 3.05) is 6.54 Å². The summed E-state index contributed by atoms with van der Waals surface area (Å²) in [4.78, 5) is 41.9. The summed E-state index contributed by atoms with van der Waals surface area (Å²) in [6.07, 6.45) is 0.242. The highest BCUT2D eigenvalue weighted by Gasteiger charge is 2.36. The Morgan fingerprint density at radius 1 is 0.972 bits per heavy atom. The number of amides is 3. The van der Waals surface area contributed by atoms with Crippen LogP contribution < -0.4 is 10.6 Å². The molecule has 0 bridgehead atoms. The number of alkyl carbamates (subject to hydrolysis) is 1. The average molecular weight is 496 g/mol. The first-order valence-corrected chi connectivity index (χ1v) is 12.6. The molecule has 7 heteroatoms. The van der Waals surface area contributed by atoms with Gasteiger partial charge in [-0.3, -0.25) is 9.59 Å². The van der Waals surface area contributed by atoms with Crippen LogP contribution in [0.2, 0.25) is 0 Å². The molecule has 0 aliphatic carbocycles. The first-order valence-electron chi connectivity index (χ1n) is 12.6. The second-order valence-corrected chi connectivity index (χ2v) is 10.4. The van der Waals surface area contributed by atoms with Crippen LogP contribution in [-0.2, 0) is 20.7 Å². The van der Waals surface area contributed by atoms with Gasteiger partial charge >= 0.3 is 6.09 Å². The Bertz CT molecular complexity index is 1010. The van der Waals surface area contributed by atoms with Gasteiger partial charge in [0.25, 0.3) is 0 Å². The van der Waals surface area contributed by atoms with Crippen LogP contribution in [0.3, 0.4) is 0 Å². The van der Waals surface area contributed by atoms with Gasteiger partial charge in [-0.2, -0.15) is 0 Å². The topological polar surface area (TPSA) is 87.7 Å². The quantitative estimate of drug-likeness (QED) is 0.489. The Balaban J connectivity index is 2.50. The van der Waals surface area contributed by atoms with E-state index in [9.17, 15) is 14.4 Å². The van der Waals surface area contributed by atoms with Crippen LogP contribution in [0.25, 0.3) is 0 Å². The lowest BCUT2D eigenvalue weighted by atomic mass is 9.98. The number of ether oxygens (including phenoxy) is 1. The third-order valence-corrected chi connectivity index (χ3v) is 5.37. The van der Waals surface area contributed by atoms with E-state index in [0.717, 1.165) is 16.7 Å². The maximum absolute atomic E-state index is 14.1. The molecule has 7 nitrogen and oxygen atoms in total. The third kappa shape index (κ3) is 9.02. The lowest BCUT2D eigenvalue weighted by molar-refractivity contribution is -0.142. The van der Waals surface area contributed by atoms with E-state index in [0.29, 0.717) is 13.0 Å².